The van der Waals surface area contributed by atoms with E-state index >= 15 is 0 Å². The number of nitrogens with zero attached hydrogens (tertiary/aromatic N) is 1. The summed E-state index contributed by atoms with van der Waals surface area (Å²) in [5.41, 5.74) is 11.0. The highest BCUT2D eigenvalue weighted by atomic mass is 15.0. The van der Waals surface area contributed by atoms with E-state index in [2.05, 4.69) is 163 Å². The van der Waals surface area contributed by atoms with E-state index in [0.717, 1.165) is 0 Å². The molecule has 1 heterocycles. The van der Waals surface area contributed by atoms with Crippen LogP contribution in [0.2, 0.25) is 0 Å². The minimum atomic E-state index is 1.17. The number of para-hydroxylation sites is 1. The average molecular weight is 514 g/mol. The van der Waals surface area contributed by atoms with Crippen molar-refractivity contribution < 1.29 is 0 Å². The highest BCUT2D eigenvalue weighted by molar-refractivity contribution is 6.10. The highest BCUT2D eigenvalue weighted by Gasteiger charge is 2.13. The number of fused-ring (bicyclic) bond motifs is 3. The molecule has 1 aromatic heterocycles. The maximum Gasteiger partial charge on any atom is 0.0547 e. The van der Waals surface area contributed by atoms with Gasteiger partial charge in [0.15, 0.2) is 0 Å². The fourth-order valence-electron chi connectivity index (χ4n) is 5.37. The Balaban J connectivity index is 0.000000925. The molecule has 0 bridgehead atoms. The van der Waals surface area contributed by atoms with Crippen LogP contribution in [0, 0.1) is 0 Å². The fourth-order valence-corrected chi connectivity index (χ4v) is 5.37. The standard InChI is InChI=1S/C36H25N.C3H6/c1-3-10-26(11-4-1)28-18-21-32(22-19-28)37-35-17-8-7-16-33(35)34-23-20-31(25-36(34)37)30-15-9-14-29(24-30)27-12-5-2-6-13-27;1-3-2/h1-25H;3H,1H2,2H3. The van der Waals surface area contributed by atoms with Crippen molar-refractivity contribution in [2.24, 2.45) is 0 Å². The third-order valence-corrected chi connectivity index (χ3v) is 7.21. The van der Waals surface area contributed by atoms with Gasteiger partial charge in [0, 0.05) is 16.5 Å². The van der Waals surface area contributed by atoms with Crippen LogP contribution < -0.4 is 0 Å². The van der Waals surface area contributed by atoms with Gasteiger partial charge in [-0.3, -0.25) is 0 Å². The Bertz CT molecular complexity index is 1890. The van der Waals surface area contributed by atoms with Gasteiger partial charge in [0.05, 0.1) is 11.0 Å². The second kappa shape index (κ2) is 11.3. The lowest BCUT2D eigenvalue weighted by molar-refractivity contribution is 1.18. The molecular weight excluding hydrogens is 482 g/mol. The maximum atomic E-state index is 3.36. The van der Waals surface area contributed by atoms with Crippen LogP contribution in [0.15, 0.2) is 164 Å². The molecular formula is C39H31N. The molecule has 0 radical (unpaired) electrons. The van der Waals surface area contributed by atoms with Gasteiger partial charge in [0.25, 0.3) is 0 Å². The first-order valence-corrected chi connectivity index (χ1v) is 13.7. The van der Waals surface area contributed by atoms with Gasteiger partial charge in [-0.05, 0) is 70.6 Å². The largest absolute Gasteiger partial charge is 0.309 e. The number of hydrogen-bond donors (Lipinski definition) is 0. The number of aromatic nitrogens is 1. The van der Waals surface area contributed by atoms with Crippen LogP contribution in [0.4, 0.5) is 0 Å². The Kier molecular flexibility index (Phi) is 7.11. The highest BCUT2D eigenvalue weighted by Crippen LogP contribution is 2.36. The van der Waals surface area contributed by atoms with E-state index < -0.39 is 0 Å². The Morgan fingerprint density at radius 3 is 1.55 bits per heavy atom. The second-order valence-electron chi connectivity index (χ2n) is 9.85. The van der Waals surface area contributed by atoms with Gasteiger partial charge in [-0.15, -0.1) is 6.58 Å². The summed E-state index contributed by atoms with van der Waals surface area (Å²) in [5, 5.41) is 2.54. The van der Waals surface area contributed by atoms with Gasteiger partial charge in [0.2, 0.25) is 0 Å². The molecule has 0 fully saturated rings. The molecule has 0 amide bonds. The van der Waals surface area contributed by atoms with Crippen LogP contribution >= 0.6 is 0 Å². The summed E-state index contributed by atoms with van der Waals surface area (Å²) in [6.45, 7) is 5.25. The SMILES string of the molecule is C=CC.c1ccc(-c2ccc(-n3c4ccccc4c4ccc(-c5cccc(-c6ccccc6)c5)cc43)cc2)cc1. The van der Waals surface area contributed by atoms with Crippen LogP contribution in [-0.2, 0) is 0 Å². The molecule has 0 aliphatic rings. The van der Waals surface area contributed by atoms with Crippen molar-refractivity contribution in [3.63, 3.8) is 0 Å². The Morgan fingerprint density at radius 2 is 0.875 bits per heavy atom. The molecule has 7 aromatic rings. The van der Waals surface area contributed by atoms with E-state index in [1.165, 1.54) is 60.9 Å². The van der Waals surface area contributed by atoms with Gasteiger partial charge < -0.3 is 4.57 Å². The lowest BCUT2D eigenvalue weighted by Crippen LogP contribution is -1.94. The summed E-state index contributed by atoms with van der Waals surface area (Å²) >= 11 is 0. The third kappa shape index (κ3) is 4.86. The lowest BCUT2D eigenvalue weighted by atomic mass is 9.98. The molecule has 0 spiro atoms. The van der Waals surface area contributed by atoms with Crippen molar-refractivity contribution >= 4 is 21.8 Å². The normalized spacial score (nSPS) is 10.7. The molecule has 0 aliphatic heterocycles. The molecule has 0 N–H and O–H groups in total. The smallest absolute Gasteiger partial charge is 0.0547 e. The van der Waals surface area contributed by atoms with E-state index in [0.29, 0.717) is 0 Å². The van der Waals surface area contributed by atoms with Crippen molar-refractivity contribution in [3.8, 4) is 39.1 Å². The van der Waals surface area contributed by atoms with E-state index in [9.17, 15) is 0 Å². The maximum absolute atomic E-state index is 3.36. The molecule has 0 aliphatic carbocycles. The third-order valence-electron chi connectivity index (χ3n) is 7.21. The molecule has 192 valence electrons. The van der Waals surface area contributed by atoms with Crippen molar-refractivity contribution in [3.05, 3.63) is 164 Å². The molecule has 0 saturated heterocycles. The molecule has 7 rings (SSSR count). The first-order valence-electron chi connectivity index (χ1n) is 13.7. The van der Waals surface area contributed by atoms with Crippen LogP contribution in [0.25, 0.3) is 60.9 Å². The Labute approximate surface area is 236 Å². The van der Waals surface area contributed by atoms with Gasteiger partial charge in [-0.1, -0.05) is 127 Å². The van der Waals surface area contributed by atoms with Crippen LogP contribution in [-0.4, -0.2) is 4.57 Å². The number of hydrogen-bond acceptors (Lipinski definition) is 0. The monoisotopic (exact) mass is 513 g/mol. The van der Waals surface area contributed by atoms with Crippen molar-refractivity contribution in [2.45, 2.75) is 6.92 Å². The predicted octanol–water partition coefficient (Wildman–Crippen LogP) is 11.0. The molecule has 1 heteroatoms. The lowest BCUT2D eigenvalue weighted by Gasteiger charge is -2.11. The van der Waals surface area contributed by atoms with Crippen LogP contribution in [0.5, 0.6) is 0 Å². The Hall–Kier alpha value is -5.14. The van der Waals surface area contributed by atoms with Crippen LogP contribution in [0.1, 0.15) is 6.92 Å². The zero-order chi connectivity index (χ0) is 27.3. The Morgan fingerprint density at radius 1 is 0.425 bits per heavy atom. The van der Waals surface area contributed by atoms with Crippen molar-refractivity contribution in [1.29, 1.82) is 0 Å². The zero-order valence-corrected chi connectivity index (χ0v) is 22.7. The minimum absolute atomic E-state index is 1.17. The quantitative estimate of drug-likeness (QED) is 0.206. The van der Waals surface area contributed by atoms with E-state index in [-0.39, 0.29) is 0 Å². The summed E-state index contributed by atoms with van der Waals surface area (Å²) in [4.78, 5) is 0. The molecule has 0 unspecified atom stereocenters. The summed E-state index contributed by atoms with van der Waals surface area (Å²) in [6.07, 6.45) is 1.75. The fraction of sp³-hybridized carbons (Fsp3) is 0.0256. The predicted molar refractivity (Wildman–Crippen MR) is 173 cm³/mol. The molecule has 6 aromatic carbocycles. The first kappa shape index (κ1) is 25.2. The number of allylic oxidation sites excluding steroid dienone is 1. The number of benzene rings is 6. The molecule has 40 heavy (non-hydrogen) atoms. The second-order valence-corrected chi connectivity index (χ2v) is 9.85. The van der Waals surface area contributed by atoms with Gasteiger partial charge in [-0.2, -0.15) is 0 Å². The molecule has 1 nitrogen and oxygen atoms in total. The van der Waals surface area contributed by atoms with E-state index in [1.54, 1.807) is 6.08 Å². The van der Waals surface area contributed by atoms with E-state index in [4.69, 9.17) is 0 Å². The average Bonchev–Trinajstić information content (AvgIpc) is 3.36. The zero-order valence-electron chi connectivity index (χ0n) is 22.7. The van der Waals surface area contributed by atoms with Crippen molar-refractivity contribution in [2.75, 3.05) is 0 Å². The van der Waals surface area contributed by atoms with Crippen molar-refractivity contribution in [1.82, 2.24) is 4.57 Å². The topological polar surface area (TPSA) is 4.93 Å². The first-order chi connectivity index (χ1) is 19.8. The summed E-state index contributed by atoms with van der Waals surface area (Å²) < 4.78 is 2.39. The summed E-state index contributed by atoms with van der Waals surface area (Å²) in [5.74, 6) is 0. The van der Waals surface area contributed by atoms with Crippen LogP contribution in [0.3, 0.4) is 0 Å². The van der Waals surface area contributed by atoms with Gasteiger partial charge in [-0.25, -0.2) is 0 Å². The number of rotatable bonds is 4. The van der Waals surface area contributed by atoms with Gasteiger partial charge in [0.1, 0.15) is 0 Å². The summed E-state index contributed by atoms with van der Waals surface area (Å²) in [7, 11) is 0. The minimum Gasteiger partial charge on any atom is -0.309 e. The summed E-state index contributed by atoms with van der Waals surface area (Å²) in [6, 6.07) is 54.4. The molecule has 0 saturated carbocycles. The van der Waals surface area contributed by atoms with Gasteiger partial charge >= 0.3 is 0 Å². The van der Waals surface area contributed by atoms with E-state index in [1.807, 2.05) is 6.92 Å². The molecule has 0 atom stereocenters.